The Labute approximate surface area is 98.4 Å². The zero-order valence-electron chi connectivity index (χ0n) is 9.30. The Morgan fingerprint density at radius 3 is 2.53 bits per heavy atom. The number of hydrogen-bond donors (Lipinski definition) is 0. The molecule has 2 amide bonds. The Hall–Kier alpha value is -2.15. The molecule has 0 radical (unpaired) electrons. The van der Waals surface area contributed by atoms with Crippen LogP contribution in [-0.2, 0) is 9.59 Å². The minimum atomic E-state index is -0.113. The molecule has 0 spiro atoms. The number of aryl methyl sites for hydroxylation is 1. The molecule has 0 aromatic heterocycles. The molecule has 1 aliphatic carbocycles. The molecule has 84 valence electrons. The maximum atomic E-state index is 11.9. The van der Waals surface area contributed by atoms with Gasteiger partial charge in [0.2, 0.25) is 11.8 Å². The summed E-state index contributed by atoms with van der Waals surface area (Å²) in [7, 11) is 0. The van der Waals surface area contributed by atoms with Crippen LogP contribution in [0.2, 0.25) is 0 Å². The molecule has 2 unspecified atom stereocenters. The van der Waals surface area contributed by atoms with Gasteiger partial charge < -0.3 is 0 Å². The molecule has 4 heteroatoms. The van der Waals surface area contributed by atoms with E-state index in [1.165, 1.54) is 4.90 Å². The molecule has 1 saturated heterocycles. The third-order valence-corrected chi connectivity index (χ3v) is 3.44. The number of nitriles is 1. The number of benzene rings is 1. The highest BCUT2D eigenvalue weighted by molar-refractivity contribution is 6.25. The van der Waals surface area contributed by atoms with Crippen molar-refractivity contribution in [1.29, 1.82) is 5.26 Å². The summed E-state index contributed by atoms with van der Waals surface area (Å²) in [6.07, 6.45) is 0.700. The van der Waals surface area contributed by atoms with Crippen molar-refractivity contribution in [1.82, 2.24) is 0 Å². The highest BCUT2D eigenvalue weighted by Crippen LogP contribution is 2.48. The monoisotopic (exact) mass is 226 g/mol. The fraction of sp³-hybridized carbons (Fsp3) is 0.308. The summed E-state index contributed by atoms with van der Waals surface area (Å²) in [6, 6.07) is 7.08. The van der Waals surface area contributed by atoms with Gasteiger partial charge in [-0.05, 0) is 31.0 Å². The van der Waals surface area contributed by atoms with Gasteiger partial charge in [0.1, 0.15) is 0 Å². The maximum absolute atomic E-state index is 11.9. The van der Waals surface area contributed by atoms with Crippen molar-refractivity contribution in [2.45, 2.75) is 13.3 Å². The van der Waals surface area contributed by atoms with Crippen molar-refractivity contribution in [3.63, 3.8) is 0 Å². The van der Waals surface area contributed by atoms with Crippen LogP contribution in [0.25, 0.3) is 0 Å². The number of amides is 2. The molecule has 1 saturated carbocycles. The summed E-state index contributed by atoms with van der Waals surface area (Å²) in [4.78, 5) is 25.1. The Kier molecular flexibility index (Phi) is 1.87. The van der Waals surface area contributed by atoms with E-state index in [0.29, 0.717) is 17.7 Å². The van der Waals surface area contributed by atoms with Crippen LogP contribution in [0.15, 0.2) is 18.2 Å². The van der Waals surface area contributed by atoms with E-state index < -0.39 is 0 Å². The van der Waals surface area contributed by atoms with Gasteiger partial charge >= 0.3 is 0 Å². The quantitative estimate of drug-likeness (QED) is 0.679. The second kappa shape index (κ2) is 3.17. The highest BCUT2D eigenvalue weighted by Gasteiger charge is 2.59. The lowest BCUT2D eigenvalue weighted by molar-refractivity contribution is -0.123. The Morgan fingerprint density at radius 2 is 1.94 bits per heavy atom. The van der Waals surface area contributed by atoms with E-state index in [2.05, 4.69) is 0 Å². The predicted molar refractivity (Wildman–Crippen MR) is 60.0 cm³/mol. The van der Waals surface area contributed by atoms with Gasteiger partial charge in [-0.2, -0.15) is 5.26 Å². The van der Waals surface area contributed by atoms with E-state index >= 15 is 0 Å². The van der Waals surface area contributed by atoms with E-state index in [0.717, 1.165) is 5.56 Å². The third-order valence-electron chi connectivity index (χ3n) is 3.44. The van der Waals surface area contributed by atoms with Crippen molar-refractivity contribution in [3.8, 4) is 6.07 Å². The number of fused-ring (bicyclic) bond motifs is 1. The number of hydrogen-bond acceptors (Lipinski definition) is 3. The van der Waals surface area contributed by atoms with E-state index in [9.17, 15) is 9.59 Å². The van der Waals surface area contributed by atoms with Gasteiger partial charge in [-0.1, -0.05) is 6.07 Å². The van der Waals surface area contributed by atoms with Gasteiger partial charge in [-0.3, -0.25) is 9.59 Å². The van der Waals surface area contributed by atoms with Gasteiger partial charge in [0.25, 0.3) is 0 Å². The minimum Gasteiger partial charge on any atom is -0.274 e. The lowest BCUT2D eigenvalue weighted by atomic mass is 10.1. The Balaban J connectivity index is 2.08. The molecule has 2 fully saturated rings. The molecule has 1 heterocycles. The summed E-state index contributed by atoms with van der Waals surface area (Å²) in [6.45, 7) is 1.83. The van der Waals surface area contributed by atoms with Crippen molar-refractivity contribution < 1.29 is 9.59 Å². The number of carbonyl (C=O) groups excluding carboxylic acids is 2. The zero-order chi connectivity index (χ0) is 12.2. The summed E-state index contributed by atoms with van der Waals surface area (Å²) in [5.41, 5.74) is 1.87. The number of anilines is 1. The fourth-order valence-electron chi connectivity index (χ4n) is 2.34. The summed E-state index contributed by atoms with van der Waals surface area (Å²) in [5.74, 6) is -0.434. The topological polar surface area (TPSA) is 61.2 Å². The molecule has 2 aliphatic rings. The standard InChI is InChI=1S/C13H10N2O2/c1-7-2-3-8(6-14)4-11(7)15-12(16)9-5-10(9)13(15)17/h2-4,9-10H,5H2,1H3. The number of piperidine rings is 1. The molecule has 3 rings (SSSR count). The molecular weight excluding hydrogens is 216 g/mol. The molecule has 0 bridgehead atoms. The third kappa shape index (κ3) is 1.29. The van der Waals surface area contributed by atoms with Gasteiger partial charge in [0.05, 0.1) is 29.2 Å². The van der Waals surface area contributed by atoms with Crippen LogP contribution in [0, 0.1) is 30.1 Å². The average molecular weight is 226 g/mol. The van der Waals surface area contributed by atoms with Crippen LogP contribution in [0.4, 0.5) is 5.69 Å². The molecule has 0 N–H and O–H groups in total. The average Bonchev–Trinajstić information content (AvgIpc) is 3.07. The lowest BCUT2D eigenvalue weighted by Gasteiger charge is -2.18. The summed E-state index contributed by atoms with van der Waals surface area (Å²) >= 11 is 0. The van der Waals surface area contributed by atoms with Crippen molar-refractivity contribution in [2.75, 3.05) is 4.90 Å². The van der Waals surface area contributed by atoms with E-state index in [-0.39, 0.29) is 23.7 Å². The van der Waals surface area contributed by atoms with Gasteiger partial charge in [-0.15, -0.1) is 0 Å². The Morgan fingerprint density at radius 1 is 1.29 bits per heavy atom. The van der Waals surface area contributed by atoms with Crippen LogP contribution in [0.3, 0.4) is 0 Å². The molecular formula is C13H10N2O2. The van der Waals surface area contributed by atoms with Crippen LogP contribution >= 0.6 is 0 Å². The molecule has 4 nitrogen and oxygen atoms in total. The van der Waals surface area contributed by atoms with E-state index in [4.69, 9.17) is 5.26 Å². The maximum Gasteiger partial charge on any atom is 0.237 e. The van der Waals surface area contributed by atoms with Gasteiger partial charge in [0, 0.05) is 0 Å². The van der Waals surface area contributed by atoms with E-state index in [1.54, 1.807) is 18.2 Å². The van der Waals surface area contributed by atoms with Gasteiger partial charge in [-0.25, -0.2) is 4.90 Å². The van der Waals surface area contributed by atoms with Crippen LogP contribution < -0.4 is 4.90 Å². The lowest BCUT2D eigenvalue weighted by Crippen LogP contribution is -2.33. The zero-order valence-corrected chi connectivity index (χ0v) is 9.30. The molecule has 2 atom stereocenters. The minimum absolute atomic E-state index is 0.104. The van der Waals surface area contributed by atoms with Crippen molar-refractivity contribution in [3.05, 3.63) is 29.3 Å². The van der Waals surface area contributed by atoms with Crippen LogP contribution in [0.1, 0.15) is 17.5 Å². The predicted octanol–water partition coefficient (Wildman–Crippen LogP) is 1.38. The number of imide groups is 1. The number of nitrogens with zero attached hydrogens (tertiary/aromatic N) is 2. The first-order chi connectivity index (χ1) is 8.13. The normalized spacial score (nSPS) is 25.8. The molecule has 17 heavy (non-hydrogen) atoms. The summed E-state index contributed by atoms with van der Waals surface area (Å²) in [5, 5.41) is 8.85. The first-order valence-corrected chi connectivity index (χ1v) is 5.52. The van der Waals surface area contributed by atoms with E-state index in [1.807, 2.05) is 13.0 Å². The molecule has 1 aromatic rings. The fourth-order valence-corrected chi connectivity index (χ4v) is 2.34. The number of carbonyl (C=O) groups is 2. The SMILES string of the molecule is Cc1ccc(C#N)cc1N1C(=O)C2CC2C1=O. The molecule has 1 aliphatic heterocycles. The molecule has 1 aromatic carbocycles. The number of rotatable bonds is 1. The van der Waals surface area contributed by atoms with Crippen LogP contribution in [-0.4, -0.2) is 11.8 Å². The van der Waals surface area contributed by atoms with Gasteiger partial charge in [0.15, 0.2) is 0 Å². The Bertz CT molecular complexity index is 566. The second-order valence-corrected chi connectivity index (χ2v) is 4.57. The largest absolute Gasteiger partial charge is 0.274 e. The smallest absolute Gasteiger partial charge is 0.237 e. The van der Waals surface area contributed by atoms with Crippen molar-refractivity contribution >= 4 is 17.5 Å². The second-order valence-electron chi connectivity index (χ2n) is 4.57. The van der Waals surface area contributed by atoms with Crippen LogP contribution in [0.5, 0.6) is 0 Å². The first-order valence-electron chi connectivity index (χ1n) is 5.52. The summed E-state index contributed by atoms with van der Waals surface area (Å²) < 4.78 is 0. The van der Waals surface area contributed by atoms with Crippen molar-refractivity contribution in [2.24, 2.45) is 11.8 Å². The highest BCUT2D eigenvalue weighted by atomic mass is 16.2. The first kappa shape index (κ1) is 10.0.